The smallest absolute Gasteiger partial charge is 0.243 e. The second-order valence-electron chi connectivity index (χ2n) is 6.93. The first-order chi connectivity index (χ1) is 12.9. The van der Waals surface area contributed by atoms with Crippen LogP contribution in [-0.2, 0) is 10.0 Å². The first kappa shape index (κ1) is 18.7. The number of ether oxygens (including phenoxy) is 2. The summed E-state index contributed by atoms with van der Waals surface area (Å²) >= 11 is 1.80. The average molecular weight is 406 g/mol. The SMILES string of the molecule is Cc1ccc(S(=O)(=O)N2CCSC(c3ccc4c(c3)OCO4)CC2)c(C)c1. The first-order valence-electron chi connectivity index (χ1n) is 9.04. The standard InChI is InChI=1S/C20H23NO4S2/c1-14-3-6-20(15(2)11-14)27(22,23)21-8-7-19(26-10-9-21)16-4-5-17-18(12-16)25-13-24-17/h3-6,11-12,19H,7-10,13H2,1-2H3. The van der Waals surface area contributed by atoms with Crippen LogP contribution in [0.25, 0.3) is 0 Å². The van der Waals surface area contributed by atoms with Gasteiger partial charge in [0.15, 0.2) is 11.5 Å². The van der Waals surface area contributed by atoms with Crippen molar-refractivity contribution in [3.05, 3.63) is 53.1 Å². The largest absolute Gasteiger partial charge is 0.454 e. The molecule has 0 aliphatic carbocycles. The van der Waals surface area contributed by atoms with Gasteiger partial charge in [0.25, 0.3) is 0 Å². The van der Waals surface area contributed by atoms with E-state index in [-0.39, 0.29) is 12.0 Å². The summed E-state index contributed by atoms with van der Waals surface area (Å²) in [6, 6.07) is 11.5. The van der Waals surface area contributed by atoms with Gasteiger partial charge < -0.3 is 9.47 Å². The molecule has 27 heavy (non-hydrogen) atoms. The van der Waals surface area contributed by atoms with Crippen molar-refractivity contribution in [1.29, 1.82) is 0 Å². The lowest BCUT2D eigenvalue weighted by Crippen LogP contribution is -2.33. The molecule has 0 N–H and O–H groups in total. The summed E-state index contributed by atoms with van der Waals surface area (Å²) in [6.45, 7) is 5.14. The highest BCUT2D eigenvalue weighted by atomic mass is 32.2. The van der Waals surface area contributed by atoms with E-state index in [1.54, 1.807) is 22.1 Å². The Kier molecular flexibility index (Phi) is 5.09. The molecule has 1 atom stereocenters. The fraction of sp³-hybridized carbons (Fsp3) is 0.400. The molecule has 4 rings (SSSR count). The number of benzene rings is 2. The van der Waals surface area contributed by atoms with E-state index in [9.17, 15) is 8.42 Å². The van der Waals surface area contributed by atoms with Gasteiger partial charge >= 0.3 is 0 Å². The molecule has 2 aliphatic heterocycles. The van der Waals surface area contributed by atoms with Gasteiger partial charge in [0.05, 0.1) is 4.90 Å². The Balaban J connectivity index is 1.53. The normalized spacial score (nSPS) is 20.4. The van der Waals surface area contributed by atoms with Crippen molar-refractivity contribution in [2.24, 2.45) is 0 Å². The van der Waals surface area contributed by atoms with Crippen molar-refractivity contribution >= 4 is 21.8 Å². The number of fused-ring (bicyclic) bond motifs is 1. The van der Waals surface area contributed by atoms with Gasteiger partial charge in [-0.3, -0.25) is 0 Å². The van der Waals surface area contributed by atoms with Gasteiger partial charge in [0.2, 0.25) is 16.8 Å². The molecule has 2 aromatic rings. The molecule has 0 amide bonds. The maximum Gasteiger partial charge on any atom is 0.243 e. The molecule has 0 saturated carbocycles. The van der Waals surface area contributed by atoms with Crippen molar-refractivity contribution in [2.75, 3.05) is 25.6 Å². The number of sulfonamides is 1. The lowest BCUT2D eigenvalue weighted by atomic mass is 10.1. The molecule has 0 aromatic heterocycles. The Morgan fingerprint density at radius 2 is 1.85 bits per heavy atom. The summed E-state index contributed by atoms with van der Waals surface area (Å²) in [6.07, 6.45) is 0.772. The van der Waals surface area contributed by atoms with E-state index >= 15 is 0 Å². The predicted octanol–water partition coefficient (Wildman–Crippen LogP) is 3.90. The van der Waals surface area contributed by atoms with Gasteiger partial charge in [-0.15, -0.1) is 0 Å². The molecule has 2 heterocycles. The summed E-state index contributed by atoms with van der Waals surface area (Å²) < 4.78 is 38.8. The minimum Gasteiger partial charge on any atom is -0.454 e. The van der Waals surface area contributed by atoms with Crippen LogP contribution >= 0.6 is 11.8 Å². The Hall–Kier alpha value is -1.70. The van der Waals surface area contributed by atoms with Crippen molar-refractivity contribution in [3.8, 4) is 11.5 Å². The van der Waals surface area contributed by atoms with Gasteiger partial charge in [-0.1, -0.05) is 23.8 Å². The predicted molar refractivity (Wildman–Crippen MR) is 107 cm³/mol. The number of thioether (sulfide) groups is 1. The number of hydrogen-bond donors (Lipinski definition) is 0. The highest BCUT2D eigenvalue weighted by Gasteiger charge is 2.30. The van der Waals surface area contributed by atoms with Crippen molar-refractivity contribution in [2.45, 2.75) is 30.4 Å². The summed E-state index contributed by atoms with van der Waals surface area (Å²) in [7, 11) is -3.47. The maximum absolute atomic E-state index is 13.1. The van der Waals surface area contributed by atoms with Crippen LogP contribution in [0.2, 0.25) is 0 Å². The number of rotatable bonds is 3. The molecule has 144 valence electrons. The Labute approximate surface area is 164 Å². The van der Waals surface area contributed by atoms with Crippen molar-refractivity contribution in [3.63, 3.8) is 0 Å². The van der Waals surface area contributed by atoms with Crippen LogP contribution in [0.5, 0.6) is 11.5 Å². The maximum atomic E-state index is 13.1. The minimum atomic E-state index is -3.47. The van der Waals surface area contributed by atoms with E-state index in [2.05, 4.69) is 6.07 Å². The quantitative estimate of drug-likeness (QED) is 0.775. The van der Waals surface area contributed by atoms with Crippen molar-refractivity contribution in [1.82, 2.24) is 4.31 Å². The summed E-state index contributed by atoms with van der Waals surface area (Å²) in [4.78, 5) is 0.416. The zero-order valence-electron chi connectivity index (χ0n) is 15.5. The number of nitrogens with zero attached hydrogens (tertiary/aromatic N) is 1. The number of hydrogen-bond acceptors (Lipinski definition) is 5. The van der Waals surface area contributed by atoms with Gasteiger partial charge in [-0.05, 0) is 49.6 Å². The zero-order chi connectivity index (χ0) is 19.0. The Bertz CT molecular complexity index is 958. The lowest BCUT2D eigenvalue weighted by molar-refractivity contribution is 0.174. The van der Waals surface area contributed by atoms with E-state index in [4.69, 9.17) is 9.47 Å². The molecule has 5 nitrogen and oxygen atoms in total. The summed E-state index contributed by atoms with van der Waals surface area (Å²) in [5.41, 5.74) is 3.04. The van der Waals surface area contributed by atoms with Crippen LogP contribution in [-0.4, -0.2) is 38.4 Å². The van der Waals surface area contributed by atoms with Gasteiger partial charge in [0, 0.05) is 24.1 Å². The molecule has 0 spiro atoms. The molecular formula is C20H23NO4S2. The van der Waals surface area contributed by atoms with Gasteiger partial charge in [-0.25, -0.2) is 8.42 Å². The van der Waals surface area contributed by atoms with Crippen LogP contribution in [0, 0.1) is 13.8 Å². The highest BCUT2D eigenvalue weighted by molar-refractivity contribution is 7.99. The average Bonchev–Trinajstić information content (AvgIpc) is 2.95. The third-order valence-corrected chi connectivity index (χ3v) is 8.40. The van der Waals surface area contributed by atoms with E-state index in [0.717, 1.165) is 40.4 Å². The van der Waals surface area contributed by atoms with Crippen molar-refractivity contribution < 1.29 is 17.9 Å². The summed E-state index contributed by atoms with van der Waals surface area (Å²) in [5.74, 6) is 2.32. The summed E-state index contributed by atoms with van der Waals surface area (Å²) in [5, 5.41) is 0.249. The van der Waals surface area contributed by atoms with Crippen LogP contribution in [0.4, 0.5) is 0 Å². The second kappa shape index (κ2) is 7.37. The van der Waals surface area contributed by atoms with Crippen LogP contribution < -0.4 is 9.47 Å². The first-order valence-corrected chi connectivity index (χ1v) is 11.5. The monoisotopic (exact) mass is 405 g/mol. The van der Waals surface area contributed by atoms with E-state index in [1.807, 2.05) is 38.1 Å². The second-order valence-corrected chi connectivity index (χ2v) is 10.2. The van der Waals surface area contributed by atoms with Crippen LogP contribution in [0.3, 0.4) is 0 Å². The molecular weight excluding hydrogens is 382 g/mol. The minimum absolute atomic E-state index is 0.249. The lowest BCUT2D eigenvalue weighted by Gasteiger charge is -2.21. The molecule has 1 fully saturated rings. The van der Waals surface area contributed by atoms with E-state index in [0.29, 0.717) is 18.0 Å². The third-order valence-electron chi connectivity index (χ3n) is 5.02. The highest BCUT2D eigenvalue weighted by Crippen LogP contribution is 2.40. The Morgan fingerprint density at radius 1 is 1.04 bits per heavy atom. The molecule has 1 saturated heterocycles. The topological polar surface area (TPSA) is 55.8 Å². The van der Waals surface area contributed by atoms with E-state index in [1.165, 1.54) is 0 Å². The molecule has 0 radical (unpaired) electrons. The fourth-order valence-corrected chi connectivity index (χ4v) is 6.60. The fourth-order valence-electron chi connectivity index (χ4n) is 3.60. The molecule has 2 aliphatic rings. The van der Waals surface area contributed by atoms with Crippen LogP contribution in [0.15, 0.2) is 41.3 Å². The third kappa shape index (κ3) is 3.68. The zero-order valence-corrected chi connectivity index (χ0v) is 17.1. The van der Waals surface area contributed by atoms with Crippen LogP contribution in [0.1, 0.15) is 28.4 Å². The molecule has 0 bridgehead atoms. The van der Waals surface area contributed by atoms with Gasteiger partial charge in [-0.2, -0.15) is 16.1 Å². The molecule has 2 aromatic carbocycles. The number of aryl methyl sites for hydroxylation is 2. The molecule has 7 heteroatoms. The van der Waals surface area contributed by atoms with Gasteiger partial charge in [0.1, 0.15) is 0 Å². The van der Waals surface area contributed by atoms with E-state index < -0.39 is 10.0 Å². The Morgan fingerprint density at radius 3 is 2.67 bits per heavy atom. The molecule has 1 unspecified atom stereocenters.